The summed E-state index contributed by atoms with van der Waals surface area (Å²) in [7, 11) is 0. The van der Waals surface area contributed by atoms with Gasteiger partial charge in [0.1, 0.15) is 0 Å². The first-order valence-electron chi connectivity index (χ1n) is 5.30. The first kappa shape index (κ1) is 15.1. The highest BCUT2D eigenvalue weighted by atomic mass is 16.4. The zero-order chi connectivity index (χ0) is 12.6. The Kier molecular flexibility index (Phi) is 6.96. The molecule has 0 unspecified atom stereocenters. The smallest absolute Gasteiger partial charge is 0.331 e. The summed E-state index contributed by atoms with van der Waals surface area (Å²) < 4.78 is 0. The topological polar surface area (TPSA) is 98.0 Å². The Morgan fingerprint density at radius 3 is 1.75 bits per heavy atom. The van der Waals surface area contributed by atoms with E-state index in [4.69, 9.17) is 20.4 Å². The highest BCUT2D eigenvalue weighted by molar-refractivity contribution is 5.87. The van der Waals surface area contributed by atoms with E-state index in [1.165, 1.54) is 0 Å². The minimum Gasteiger partial charge on any atom is -0.478 e. The molecule has 1 aliphatic rings. The minimum atomic E-state index is -0.758. The third-order valence-electron chi connectivity index (χ3n) is 2.84. The molecule has 0 atom stereocenters. The van der Waals surface area contributed by atoms with Gasteiger partial charge < -0.3 is 20.4 Å². The lowest BCUT2D eigenvalue weighted by Crippen LogP contribution is -2.32. The number of hydrogen-bond donors (Lipinski definition) is 4. The Hall–Kier alpha value is -0.910. The van der Waals surface area contributed by atoms with Crippen LogP contribution in [0.2, 0.25) is 0 Å². The summed E-state index contributed by atoms with van der Waals surface area (Å²) in [6.45, 7) is 1.35. The summed E-state index contributed by atoms with van der Waals surface area (Å²) in [6.07, 6.45) is 4.04. The Bertz CT molecular complexity index is 225. The molecule has 0 heterocycles. The zero-order valence-electron chi connectivity index (χ0n) is 9.52. The van der Waals surface area contributed by atoms with E-state index in [1.54, 1.807) is 6.08 Å². The Balaban J connectivity index is 0.000000288. The van der Waals surface area contributed by atoms with Crippen molar-refractivity contribution >= 4 is 5.97 Å². The van der Waals surface area contributed by atoms with Gasteiger partial charge in [-0.2, -0.15) is 0 Å². The summed E-state index contributed by atoms with van der Waals surface area (Å²) in [5.74, 6) is -0.758. The fraction of sp³-hybridized carbons (Fsp3) is 0.727. The van der Waals surface area contributed by atoms with Gasteiger partial charge in [0, 0.05) is 11.0 Å². The molecule has 0 aromatic carbocycles. The van der Waals surface area contributed by atoms with Crippen molar-refractivity contribution in [1.82, 2.24) is 0 Å². The van der Waals surface area contributed by atoms with Crippen molar-refractivity contribution in [3.8, 4) is 0 Å². The van der Waals surface area contributed by atoms with Gasteiger partial charge in [0.05, 0.1) is 19.8 Å². The molecule has 0 aromatic heterocycles. The highest BCUT2D eigenvalue weighted by Gasteiger charge is 2.24. The summed E-state index contributed by atoms with van der Waals surface area (Å²) in [4.78, 5) is 9.91. The van der Waals surface area contributed by atoms with Gasteiger partial charge in [-0.1, -0.05) is 13.0 Å². The van der Waals surface area contributed by atoms with Gasteiger partial charge in [-0.25, -0.2) is 4.79 Å². The number of aliphatic hydroxyl groups excluding tert-OH is 3. The molecule has 0 bridgehead atoms. The van der Waals surface area contributed by atoms with Crippen molar-refractivity contribution in [3.63, 3.8) is 0 Å². The van der Waals surface area contributed by atoms with Crippen molar-refractivity contribution in [2.75, 3.05) is 19.8 Å². The van der Waals surface area contributed by atoms with Crippen LogP contribution in [0.3, 0.4) is 0 Å². The highest BCUT2D eigenvalue weighted by Crippen LogP contribution is 2.18. The standard InChI is InChI=1S/C6H14O3.C5H6O2/c1-2-6(3-7,4-8)5-9;6-5(7)4-2-1-3-4/h7-9H,2-5H2,1H3;2H,1,3H2,(H,6,7). The molecule has 0 fully saturated rings. The van der Waals surface area contributed by atoms with E-state index in [0.717, 1.165) is 12.8 Å². The maximum absolute atomic E-state index is 9.91. The molecule has 0 radical (unpaired) electrons. The van der Waals surface area contributed by atoms with E-state index in [9.17, 15) is 4.79 Å². The van der Waals surface area contributed by atoms with E-state index >= 15 is 0 Å². The first-order chi connectivity index (χ1) is 7.55. The Morgan fingerprint density at radius 2 is 1.75 bits per heavy atom. The lowest BCUT2D eigenvalue weighted by molar-refractivity contribution is -0.133. The number of carboxylic acids is 1. The number of aliphatic hydroxyl groups is 3. The molecule has 0 saturated carbocycles. The number of carbonyl (C=O) groups is 1. The van der Waals surface area contributed by atoms with E-state index in [1.807, 2.05) is 6.92 Å². The molecule has 0 aromatic rings. The van der Waals surface area contributed by atoms with Gasteiger partial charge in [0.2, 0.25) is 0 Å². The van der Waals surface area contributed by atoms with E-state index in [-0.39, 0.29) is 19.8 Å². The van der Waals surface area contributed by atoms with Crippen LogP contribution >= 0.6 is 0 Å². The first-order valence-corrected chi connectivity index (χ1v) is 5.30. The molecule has 0 aliphatic heterocycles. The van der Waals surface area contributed by atoms with E-state index in [0.29, 0.717) is 12.0 Å². The molecular formula is C11H20O5. The van der Waals surface area contributed by atoms with Crippen molar-refractivity contribution in [2.45, 2.75) is 26.2 Å². The lowest BCUT2D eigenvalue weighted by Gasteiger charge is -2.24. The number of carboxylic acid groups (broad SMARTS) is 1. The maximum atomic E-state index is 9.91. The number of hydrogen-bond acceptors (Lipinski definition) is 4. The van der Waals surface area contributed by atoms with Crippen molar-refractivity contribution < 1.29 is 25.2 Å². The second-order valence-corrected chi connectivity index (χ2v) is 3.90. The van der Waals surface area contributed by atoms with Gasteiger partial charge in [-0.15, -0.1) is 0 Å². The fourth-order valence-corrected chi connectivity index (χ4v) is 0.968. The van der Waals surface area contributed by atoms with Gasteiger partial charge in [0.25, 0.3) is 0 Å². The van der Waals surface area contributed by atoms with Gasteiger partial charge in [0.15, 0.2) is 0 Å². The molecule has 1 aliphatic carbocycles. The molecule has 5 heteroatoms. The molecule has 0 saturated heterocycles. The summed E-state index contributed by atoms with van der Waals surface area (Å²) in [6, 6.07) is 0. The van der Waals surface area contributed by atoms with Crippen LogP contribution < -0.4 is 0 Å². The average molecular weight is 232 g/mol. The van der Waals surface area contributed by atoms with Crippen LogP contribution in [0.5, 0.6) is 0 Å². The van der Waals surface area contributed by atoms with Gasteiger partial charge in [-0.3, -0.25) is 0 Å². The third-order valence-corrected chi connectivity index (χ3v) is 2.84. The van der Waals surface area contributed by atoms with E-state index in [2.05, 4.69) is 0 Å². The maximum Gasteiger partial charge on any atom is 0.331 e. The quantitative estimate of drug-likeness (QED) is 0.541. The van der Waals surface area contributed by atoms with Crippen LogP contribution in [0, 0.1) is 5.41 Å². The molecule has 4 N–H and O–H groups in total. The zero-order valence-corrected chi connectivity index (χ0v) is 9.52. The molecule has 0 amide bonds. The van der Waals surface area contributed by atoms with Crippen LogP contribution in [0.15, 0.2) is 11.6 Å². The second-order valence-electron chi connectivity index (χ2n) is 3.90. The van der Waals surface area contributed by atoms with Gasteiger partial charge in [-0.05, 0) is 19.3 Å². The minimum absolute atomic E-state index is 0.156. The number of aliphatic carboxylic acids is 1. The molecular weight excluding hydrogens is 212 g/mol. The van der Waals surface area contributed by atoms with Crippen molar-refractivity contribution in [1.29, 1.82) is 0 Å². The van der Waals surface area contributed by atoms with Crippen LogP contribution in [0.4, 0.5) is 0 Å². The fourth-order valence-electron chi connectivity index (χ4n) is 0.968. The van der Waals surface area contributed by atoms with E-state index < -0.39 is 11.4 Å². The lowest BCUT2D eigenvalue weighted by atomic mass is 9.88. The van der Waals surface area contributed by atoms with Crippen LogP contribution in [0.25, 0.3) is 0 Å². The summed E-state index contributed by atoms with van der Waals surface area (Å²) in [5, 5.41) is 34.1. The molecule has 5 nitrogen and oxygen atoms in total. The van der Waals surface area contributed by atoms with Crippen molar-refractivity contribution in [2.24, 2.45) is 5.41 Å². The van der Waals surface area contributed by atoms with Crippen LogP contribution in [-0.4, -0.2) is 46.2 Å². The number of allylic oxidation sites excluding steroid dienone is 1. The van der Waals surface area contributed by atoms with Crippen LogP contribution in [0.1, 0.15) is 26.2 Å². The SMILES string of the molecule is CCC(CO)(CO)CO.O=C(O)C1=CCC1. The summed E-state index contributed by atoms with van der Waals surface area (Å²) >= 11 is 0. The normalized spacial score (nSPS) is 14.4. The Labute approximate surface area is 95.0 Å². The van der Waals surface area contributed by atoms with Crippen molar-refractivity contribution in [3.05, 3.63) is 11.6 Å². The van der Waals surface area contributed by atoms with Gasteiger partial charge >= 0.3 is 5.97 Å². The third kappa shape index (κ3) is 4.30. The number of rotatable bonds is 5. The predicted molar refractivity (Wildman–Crippen MR) is 58.9 cm³/mol. The monoisotopic (exact) mass is 232 g/mol. The molecule has 16 heavy (non-hydrogen) atoms. The largest absolute Gasteiger partial charge is 0.478 e. The van der Waals surface area contributed by atoms with Crippen LogP contribution in [-0.2, 0) is 4.79 Å². The molecule has 0 spiro atoms. The molecule has 1 rings (SSSR count). The predicted octanol–water partition coefficient (Wildman–Crippen LogP) is 0.151. The molecule has 94 valence electrons. The summed E-state index contributed by atoms with van der Waals surface area (Å²) in [5.41, 5.74) is -0.0972. The average Bonchev–Trinajstić information content (AvgIpc) is 2.20. The second kappa shape index (κ2) is 7.38. The Morgan fingerprint density at radius 1 is 1.31 bits per heavy atom.